The van der Waals surface area contributed by atoms with Gasteiger partial charge in [0.05, 0.1) is 5.52 Å². The second-order valence-corrected chi connectivity index (χ2v) is 4.31. The molecule has 0 radical (unpaired) electrons. The zero-order valence-corrected chi connectivity index (χ0v) is 9.26. The van der Waals surface area contributed by atoms with Crippen LogP contribution in [0.4, 0.5) is 5.69 Å². The first-order valence-corrected chi connectivity index (χ1v) is 5.88. The van der Waals surface area contributed by atoms with Crippen LogP contribution in [0.5, 0.6) is 0 Å². The number of fused-ring (bicyclic) bond motifs is 1. The molecule has 0 atom stereocenters. The van der Waals surface area contributed by atoms with E-state index in [4.69, 9.17) is 0 Å². The minimum Gasteiger partial charge on any atom is -0.372 e. The van der Waals surface area contributed by atoms with E-state index in [0.29, 0.717) is 0 Å². The van der Waals surface area contributed by atoms with Gasteiger partial charge in [-0.05, 0) is 37.5 Å². The van der Waals surface area contributed by atoms with Gasteiger partial charge in [-0.15, -0.1) is 0 Å². The molecule has 3 heteroatoms. The van der Waals surface area contributed by atoms with Gasteiger partial charge in [0.25, 0.3) is 0 Å². The van der Waals surface area contributed by atoms with E-state index in [2.05, 4.69) is 33.1 Å². The van der Waals surface area contributed by atoms with Gasteiger partial charge in [-0.3, -0.25) is 0 Å². The molecule has 82 valence electrons. The van der Waals surface area contributed by atoms with Crippen LogP contribution in [0.15, 0.2) is 30.7 Å². The number of benzene rings is 1. The molecule has 2 aromatic rings. The lowest BCUT2D eigenvalue weighted by atomic mass is 10.1. The number of nitrogens with zero attached hydrogens (tertiary/aromatic N) is 3. The van der Waals surface area contributed by atoms with Crippen LogP contribution in [0.3, 0.4) is 0 Å². The molecule has 0 bridgehead atoms. The highest BCUT2D eigenvalue weighted by atomic mass is 15.1. The molecule has 0 unspecified atom stereocenters. The van der Waals surface area contributed by atoms with Crippen LogP contribution in [0.2, 0.25) is 0 Å². The van der Waals surface area contributed by atoms with Crippen molar-refractivity contribution in [3.8, 4) is 0 Å². The molecule has 0 spiro atoms. The second-order valence-electron chi connectivity index (χ2n) is 4.31. The zero-order chi connectivity index (χ0) is 10.8. The van der Waals surface area contributed by atoms with E-state index in [1.165, 1.54) is 38.0 Å². The summed E-state index contributed by atoms with van der Waals surface area (Å²) in [5.41, 5.74) is 2.33. The van der Waals surface area contributed by atoms with Gasteiger partial charge in [0.2, 0.25) is 0 Å². The van der Waals surface area contributed by atoms with Gasteiger partial charge in [0, 0.05) is 30.4 Å². The third-order valence-corrected chi connectivity index (χ3v) is 3.21. The highest BCUT2D eigenvalue weighted by Crippen LogP contribution is 2.23. The fourth-order valence-electron chi connectivity index (χ4n) is 2.32. The number of piperidine rings is 1. The zero-order valence-electron chi connectivity index (χ0n) is 9.26. The van der Waals surface area contributed by atoms with Gasteiger partial charge >= 0.3 is 0 Å². The standard InChI is InChI=1S/C13H15N3/c1-2-6-16(7-3-1)12-4-5-13-11(8-12)9-14-10-15-13/h4-5,8-10H,1-3,6-7H2. The van der Waals surface area contributed by atoms with Crippen LogP contribution in [-0.4, -0.2) is 23.1 Å². The summed E-state index contributed by atoms with van der Waals surface area (Å²) in [6.07, 6.45) is 7.47. The van der Waals surface area contributed by atoms with Crippen molar-refractivity contribution in [3.05, 3.63) is 30.7 Å². The average Bonchev–Trinajstić information content (AvgIpc) is 2.39. The van der Waals surface area contributed by atoms with Crippen molar-refractivity contribution in [3.63, 3.8) is 0 Å². The SMILES string of the molecule is c1ncc2cc(N3CCCCC3)ccc2n1. The van der Waals surface area contributed by atoms with Crippen molar-refractivity contribution in [1.82, 2.24) is 9.97 Å². The van der Waals surface area contributed by atoms with Crippen molar-refractivity contribution >= 4 is 16.6 Å². The summed E-state index contributed by atoms with van der Waals surface area (Å²) in [7, 11) is 0. The first kappa shape index (κ1) is 9.58. The van der Waals surface area contributed by atoms with Gasteiger partial charge in [0.1, 0.15) is 6.33 Å². The van der Waals surface area contributed by atoms with Crippen molar-refractivity contribution in [2.75, 3.05) is 18.0 Å². The maximum Gasteiger partial charge on any atom is 0.116 e. The summed E-state index contributed by atoms with van der Waals surface area (Å²) in [4.78, 5) is 10.8. The quantitative estimate of drug-likeness (QED) is 0.729. The predicted octanol–water partition coefficient (Wildman–Crippen LogP) is 2.62. The second kappa shape index (κ2) is 4.08. The Kier molecular flexibility index (Phi) is 2.44. The van der Waals surface area contributed by atoms with Crippen molar-refractivity contribution in [1.29, 1.82) is 0 Å². The number of rotatable bonds is 1. The molecule has 1 aromatic heterocycles. The molecule has 1 aromatic carbocycles. The van der Waals surface area contributed by atoms with E-state index in [-0.39, 0.29) is 0 Å². The van der Waals surface area contributed by atoms with Crippen molar-refractivity contribution < 1.29 is 0 Å². The van der Waals surface area contributed by atoms with E-state index in [1.54, 1.807) is 6.33 Å². The van der Waals surface area contributed by atoms with Gasteiger partial charge in [0.15, 0.2) is 0 Å². The molecular formula is C13H15N3. The van der Waals surface area contributed by atoms with Crippen LogP contribution < -0.4 is 4.90 Å². The maximum absolute atomic E-state index is 4.24. The number of anilines is 1. The summed E-state index contributed by atoms with van der Waals surface area (Å²) in [5, 5.41) is 1.13. The Morgan fingerprint density at radius 1 is 1.06 bits per heavy atom. The number of hydrogen-bond acceptors (Lipinski definition) is 3. The normalized spacial score (nSPS) is 16.6. The molecule has 1 aliphatic heterocycles. The Balaban J connectivity index is 1.97. The summed E-state index contributed by atoms with van der Waals surface area (Å²) >= 11 is 0. The van der Waals surface area contributed by atoms with E-state index < -0.39 is 0 Å². The molecule has 3 nitrogen and oxygen atoms in total. The van der Waals surface area contributed by atoms with Crippen molar-refractivity contribution in [2.45, 2.75) is 19.3 Å². The van der Waals surface area contributed by atoms with Crippen LogP contribution >= 0.6 is 0 Å². The minimum absolute atomic E-state index is 1.02. The molecule has 1 aliphatic rings. The Hall–Kier alpha value is -1.64. The first-order valence-electron chi connectivity index (χ1n) is 5.88. The third-order valence-electron chi connectivity index (χ3n) is 3.21. The Labute approximate surface area is 95.1 Å². The molecule has 16 heavy (non-hydrogen) atoms. The smallest absolute Gasteiger partial charge is 0.116 e. The topological polar surface area (TPSA) is 29.0 Å². The van der Waals surface area contributed by atoms with Crippen LogP contribution in [0.1, 0.15) is 19.3 Å². The average molecular weight is 213 g/mol. The fourth-order valence-corrected chi connectivity index (χ4v) is 2.32. The Morgan fingerprint density at radius 2 is 1.94 bits per heavy atom. The molecular weight excluding hydrogens is 198 g/mol. The number of hydrogen-bond donors (Lipinski definition) is 0. The predicted molar refractivity (Wildman–Crippen MR) is 65.6 cm³/mol. The van der Waals surface area contributed by atoms with E-state index in [9.17, 15) is 0 Å². The van der Waals surface area contributed by atoms with Crippen LogP contribution in [-0.2, 0) is 0 Å². The van der Waals surface area contributed by atoms with E-state index in [1.807, 2.05) is 6.20 Å². The molecule has 0 amide bonds. The lowest BCUT2D eigenvalue weighted by Gasteiger charge is -2.28. The highest BCUT2D eigenvalue weighted by molar-refractivity contribution is 5.81. The Bertz CT molecular complexity index is 489. The summed E-state index contributed by atoms with van der Waals surface area (Å²) in [6, 6.07) is 6.45. The summed E-state index contributed by atoms with van der Waals surface area (Å²) in [6.45, 7) is 2.36. The lowest BCUT2D eigenvalue weighted by Crippen LogP contribution is -2.29. The van der Waals surface area contributed by atoms with Gasteiger partial charge < -0.3 is 4.90 Å². The minimum atomic E-state index is 1.02. The lowest BCUT2D eigenvalue weighted by molar-refractivity contribution is 0.578. The third kappa shape index (κ3) is 1.73. The fraction of sp³-hybridized carbons (Fsp3) is 0.385. The molecule has 1 fully saturated rings. The molecule has 1 saturated heterocycles. The van der Waals surface area contributed by atoms with Crippen molar-refractivity contribution in [2.24, 2.45) is 0 Å². The molecule has 0 N–H and O–H groups in total. The number of aromatic nitrogens is 2. The molecule has 0 aliphatic carbocycles. The van der Waals surface area contributed by atoms with Gasteiger partial charge in [-0.25, -0.2) is 9.97 Å². The largest absolute Gasteiger partial charge is 0.372 e. The van der Waals surface area contributed by atoms with E-state index in [0.717, 1.165) is 10.9 Å². The van der Waals surface area contributed by atoms with Gasteiger partial charge in [-0.2, -0.15) is 0 Å². The Morgan fingerprint density at radius 3 is 2.81 bits per heavy atom. The van der Waals surface area contributed by atoms with Crippen LogP contribution in [0, 0.1) is 0 Å². The van der Waals surface area contributed by atoms with Crippen LogP contribution in [0.25, 0.3) is 10.9 Å². The maximum atomic E-state index is 4.24. The molecule has 3 rings (SSSR count). The monoisotopic (exact) mass is 213 g/mol. The highest BCUT2D eigenvalue weighted by Gasteiger charge is 2.10. The van der Waals surface area contributed by atoms with Gasteiger partial charge in [-0.1, -0.05) is 0 Å². The molecule has 0 saturated carbocycles. The first-order chi connectivity index (χ1) is 7.93. The van der Waals surface area contributed by atoms with E-state index >= 15 is 0 Å². The summed E-state index contributed by atoms with van der Waals surface area (Å²) < 4.78 is 0. The summed E-state index contributed by atoms with van der Waals surface area (Å²) in [5.74, 6) is 0. The molecule has 2 heterocycles.